The lowest BCUT2D eigenvalue weighted by Gasteiger charge is -2.30. The third-order valence-corrected chi connectivity index (χ3v) is 7.31. The van der Waals surface area contributed by atoms with E-state index in [4.69, 9.17) is 14.0 Å². The predicted octanol–water partition coefficient (Wildman–Crippen LogP) is 3.53. The number of methoxy groups -OCH3 is 2. The molecule has 2 aliphatic rings. The molecule has 0 spiro atoms. The summed E-state index contributed by atoms with van der Waals surface area (Å²) < 4.78 is 16.2. The number of carbonyl (C=O) groups excluding carboxylic acids is 1. The maximum absolute atomic E-state index is 12.7. The number of carbonyl (C=O) groups is 1. The number of rotatable bonds is 10. The second kappa shape index (κ2) is 11.6. The minimum atomic E-state index is 0.0637. The molecule has 1 aromatic heterocycles. The monoisotopic (exact) mass is 505 g/mol. The van der Waals surface area contributed by atoms with Crippen molar-refractivity contribution in [1.82, 2.24) is 20.4 Å². The van der Waals surface area contributed by atoms with Crippen LogP contribution in [-0.2, 0) is 17.8 Å². The van der Waals surface area contributed by atoms with Gasteiger partial charge < -0.3 is 24.2 Å². The van der Waals surface area contributed by atoms with Gasteiger partial charge in [-0.1, -0.05) is 23.4 Å². The van der Waals surface area contributed by atoms with Crippen molar-refractivity contribution < 1.29 is 18.8 Å². The highest BCUT2D eigenvalue weighted by Gasteiger charge is 2.26. The Balaban J connectivity index is 1.04. The summed E-state index contributed by atoms with van der Waals surface area (Å²) in [5.74, 6) is 2.59. The van der Waals surface area contributed by atoms with Crippen LogP contribution in [0.15, 0.2) is 47.0 Å². The number of hydrogen-bond acceptors (Lipinski definition) is 8. The number of ether oxygens (including phenoxy) is 2. The Labute approximate surface area is 217 Å². The lowest BCUT2D eigenvalue weighted by atomic mass is 9.96. The molecule has 1 amide bonds. The zero-order valence-corrected chi connectivity index (χ0v) is 21.6. The van der Waals surface area contributed by atoms with Gasteiger partial charge in [0, 0.05) is 36.8 Å². The number of nitrogens with zero attached hydrogens (tertiary/aromatic N) is 4. The lowest BCUT2D eigenvalue weighted by molar-refractivity contribution is -0.126. The Kier molecular flexibility index (Phi) is 7.89. The smallest absolute Gasteiger partial charge is 0.241 e. The Hall–Kier alpha value is -3.59. The number of likely N-dealkylation sites (tertiary alicyclic amines) is 1. The van der Waals surface area contributed by atoms with Crippen LogP contribution in [0.2, 0.25) is 0 Å². The molecule has 5 rings (SSSR count). The molecule has 3 heterocycles. The average Bonchev–Trinajstić information content (AvgIpc) is 3.58. The van der Waals surface area contributed by atoms with E-state index in [1.807, 2.05) is 18.2 Å². The number of hydrogen-bond donors (Lipinski definition) is 1. The van der Waals surface area contributed by atoms with Crippen molar-refractivity contribution in [3.63, 3.8) is 0 Å². The summed E-state index contributed by atoms with van der Waals surface area (Å²) in [6, 6.07) is 14.1. The van der Waals surface area contributed by atoms with Gasteiger partial charge in [0.1, 0.15) is 0 Å². The van der Waals surface area contributed by atoms with Gasteiger partial charge in [-0.2, -0.15) is 4.98 Å². The summed E-state index contributed by atoms with van der Waals surface area (Å²) in [7, 11) is 3.20. The predicted molar refractivity (Wildman–Crippen MR) is 141 cm³/mol. The van der Waals surface area contributed by atoms with Gasteiger partial charge in [-0.25, -0.2) is 0 Å². The van der Waals surface area contributed by atoms with E-state index in [1.54, 1.807) is 14.2 Å². The van der Waals surface area contributed by atoms with Crippen molar-refractivity contribution >= 4 is 11.6 Å². The molecular formula is C28H35N5O4. The van der Waals surface area contributed by atoms with Gasteiger partial charge in [0.05, 0.1) is 20.8 Å². The van der Waals surface area contributed by atoms with Crippen LogP contribution >= 0.6 is 0 Å². The van der Waals surface area contributed by atoms with Crippen LogP contribution in [0.1, 0.15) is 30.7 Å². The zero-order chi connectivity index (χ0) is 25.6. The Bertz CT molecular complexity index is 1200. The summed E-state index contributed by atoms with van der Waals surface area (Å²) in [4.78, 5) is 22.0. The van der Waals surface area contributed by atoms with Crippen LogP contribution in [0, 0.1) is 5.92 Å². The van der Waals surface area contributed by atoms with E-state index < -0.39 is 0 Å². The fourth-order valence-corrected chi connectivity index (χ4v) is 5.22. The highest BCUT2D eigenvalue weighted by molar-refractivity contribution is 5.78. The summed E-state index contributed by atoms with van der Waals surface area (Å²) in [6.45, 7) is 5.00. The van der Waals surface area contributed by atoms with Gasteiger partial charge >= 0.3 is 0 Å². The van der Waals surface area contributed by atoms with E-state index >= 15 is 0 Å². The molecule has 0 unspecified atom stereocenters. The molecule has 37 heavy (non-hydrogen) atoms. The Morgan fingerprint density at radius 3 is 2.70 bits per heavy atom. The average molecular weight is 506 g/mol. The summed E-state index contributed by atoms with van der Waals surface area (Å²) >= 11 is 0. The first kappa shape index (κ1) is 25.1. The van der Waals surface area contributed by atoms with Gasteiger partial charge in [-0.15, -0.1) is 0 Å². The Morgan fingerprint density at radius 1 is 1.08 bits per heavy atom. The minimum Gasteiger partial charge on any atom is -0.493 e. The Morgan fingerprint density at radius 2 is 1.89 bits per heavy atom. The van der Waals surface area contributed by atoms with Crippen molar-refractivity contribution in [2.75, 3.05) is 51.8 Å². The zero-order valence-electron chi connectivity index (χ0n) is 21.6. The van der Waals surface area contributed by atoms with Crippen LogP contribution in [0.5, 0.6) is 11.5 Å². The molecule has 0 aliphatic carbocycles. The normalized spacial score (nSPS) is 16.0. The molecule has 3 aromatic rings. The molecule has 9 nitrogen and oxygen atoms in total. The minimum absolute atomic E-state index is 0.0637. The third kappa shape index (κ3) is 5.88. The van der Waals surface area contributed by atoms with Crippen molar-refractivity contribution in [3.8, 4) is 22.9 Å². The van der Waals surface area contributed by atoms with Gasteiger partial charge in [-0.05, 0) is 68.6 Å². The van der Waals surface area contributed by atoms with Crippen molar-refractivity contribution in [2.45, 2.75) is 32.2 Å². The third-order valence-electron chi connectivity index (χ3n) is 7.31. The van der Waals surface area contributed by atoms with E-state index in [2.05, 4.69) is 49.5 Å². The SMILES string of the molecule is COc1ccc(-c2noc(CN3CCC(C(=O)NCCCN4CCc5ccccc54)CC3)n2)cc1OC. The van der Waals surface area contributed by atoms with Crippen LogP contribution in [0.3, 0.4) is 0 Å². The number of aromatic nitrogens is 2. The molecule has 0 atom stereocenters. The number of anilines is 1. The lowest BCUT2D eigenvalue weighted by Crippen LogP contribution is -2.40. The fraction of sp³-hybridized carbons (Fsp3) is 0.464. The molecule has 2 aliphatic heterocycles. The van der Waals surface area contributed by atoms with Crippen LogP contribution in [0.25, 0.3) is 11.4 Å². The summed E-state index contributed by atoms with van der Waals surface area (Å²) in [5.41, 5.74) is 3.58. The van der Waals surface area contributed by atoms with E-state index in [0.29, 0.717) is 29.8 Å². The number of amides is 1. The van der Waals surface area contributed by atoms with Gasteiger partial charge in [0.25, 0.3) is 0 Å². The molecule has 1 saturated heterocycles. The molecule has 0 bridgehead atoms. The maximum Gasteiger partial charge on any atom is 0.241 e. The second-order valence-corrected chi connectivity index (χ2v) is 9.64. The summed E-state index contributed by atoms with van der Waals surface area (Å²) in [5, 5.41) is 7.29. The first-order chi connectivity index (χ1) is 18.1. The molecule has 9 heteroatoms. The maximum atomic E-state index is 12.7. The highest BCUT2D eigenvalue weighted by atomic mass is 16.5. The first-order valence-corrected chi connectivity index (χ1v) is 13.0. The van der Waals surface area contributed by atoms with Crippen LogP contribution < -0.4 is 19.7 Å². The molecule has 196 valence electrons. The van der Waals surface area contributed by atoms with E-state index in [9.17, 15) is 4.79 Å². The number of para-hydroxylation sites is 1. The van der Waals surface area contributed by atoms with Crippen LogP contribution in [-0.4, -0.2) is 67.9 Å². The van der Waals surface area contributed by atoms with Gasteiger partial charge in [0.15, 0.2) is 11.5 Å². The molecule has 2 aromatic carbocycles. The highest BCUT2D eigenvalue weighted by Crippen LogP contribution is 2.31. The number of piperidine rings is 1. The van der Waals surface area contributed by atoms with E-state index in [-0.39, 0.29) is 11.8 Å². The number of nitrogens with one attached hydrogen (secondary N) is 1. The van der Waals surface area contributed by atoms with Gasteiger partial charge in [-0.3, -0.25) is 9.69 Å². The number of benzene rings is 2. The number of fused-ring (bicyclic) bond motifs is 1. The molecule has 0 saturated carbocycles. The summed E-state index contributed by atoms with van der Waals surface area (Å²) in [6.07, 6.45) is 3.74. The molecule has 1 N–H and O–H groups in total. The standard InChI is InChI=1S/C28H35N5O4/c1-35-24-9-8-22(18-25(24)36-2)27-30-26(37-31-27)19-32-15-10-21(11-16-32)28(34)29-13-5-14-33-17-12-20-6-3-4-7-23(20)33/h3-4,6-9,18,21H,5,10-17,19H2,1-2H3,(H,29,34). The van der Waals surface area contributed by atoms with Crippen LogP contribution in [0.4, 0.5) is 5.69 Å². The van der Waals surface area contributed by atoms with E-state index in [1.165, 1.54) is 11.3 Å². The van der Waals surface area contributed by atoms with Crippen molar-refractivity contribution in [1.29, 1.82) is 0 Å². The first-order valence-electron chi connectivity index (χ1n) is 13.0. The fourth-order valence-electron chi connectivity index (χ4n) is 5.22. The molecular weight excluding hydrogens is 470 g/mol. The van der Waals surface area contributed by atoms with Crippen molar-refractivity contribution in [2.24, 2.45) is 5.92 Å². The second-order valence-electron chi connectivity index (χ2n) is 9.64. The topological polar surface area (TPSA) is 93.0 Å². The quantitative estimate of drug-likeness (QED) is 0.419. The molecule has 1 fully saturated rings. The van der Waals surface area contributed by atoms with Crippen molar-refractivity contribution in [3.05, 3.63) is 53.9 Å². The van der Waals surface area contributed by atoms with E-state index in [0.717, 1.165) is 64.0 Å². The van der Waals surface area contributed by atoms with Gasteiger partial charge in [0.2, 0.25) is 17.6 Å². The molecule has 0 radical (unpaired) electrons. The largest absolute Gasteiger partial charge is 0.493 e.